The second-order valence-corrected chi connectivity index (χ2v) is 5.22. The number of halogens is 2. The van der Waals surface area contributed by atoms with Gasteiger partial charge < -0.3 is 9.64 Å². The Hall–Kier alpha value is -1.59. The first-order chi connectivity index (χ1) is 9.70. The molecule has 2 aromatic rings. The summed E-state index contributed by atoms with van der Waals surface area (Å²) in [6.07, 6.45) is 2.27. The number of aromatic nitrogens is 3. The van der Waals surface area contributed by atoms with E-state index in [0.29, 0.717) is 16.7 Å². The zero-order valence-electron chi connectivity index (χ0n) is 10.6. The van der Waals surface area contributed by atoms with E-state index in [9.17, 15) is 0 Å². The summed E-state index contributed by atoms with van der Waals surface area (Å²) in [6.45, 7) is 1.86. The standard InChI is InChI=1S/C13H12Cl2N4O/c14-9-4-3-5-10(8-9)20-13-17-11(15)16-12(18-13)19-6-1-2-7-19/h3-5,8H,1-2,6-7H2. The second-order valence-electron chi connectivity index (χ2n) is 4.44. The molecule has 1 fully saturated rings. The first kappa shape index (κ1) is 13.4. The summed E-state index contributed by atoms with van der Waals surface area (Å²) in [5, 5.41) is 0.710. The van der Waals surface area contributed by atoms with Gasteiger partial charge in [-0.3, -0.25) is 0 Å². The maximum Gasteiger partial charge on any atom is 0.328 e. The molecule has 0 atom stereocenters. The molecule has 3 rings (SSSR count). The van der Waals surface area contributed by atoms with Crippen LogP contribution in [0, 0.1) is 0 Å². The fraction of sp³-hybridized carbons (Fsp3) is 0.308. The molecule has 1 aliphatic rings. The topological polar surface area (TPSA) is 51.1 Å². The van der Waals surface area contributed by atoms with Crippen molar-refractivity contribution in [2.45, 2.75) is 12.8 Å². The van der Waals surface area contributed by atoms with E-state index >= 15 is 0 Å². The molecule has 0 amide bonds. The summed E-state index contributed by atoms with van der Waals surface area (Å²) in [5.74, 6) is 1.12. The van der Waals surface area contributed by atoms with Gasteiger partial charge in [-0.25, -0.2) is 0 Å². The lowest BCUT2D eigenvalue weighted by atomic mass is 10.3. The number of hydrogen-bond acceptors (Lipinski definition) is 5. The van der Waals surface area contributed by atoms with Crippen molar-refractivity contribution >= 4 is 29.2 Å². The maximum absolute atomic E-state index is 5.93. The summed E-state index contributed by atoms with van der Waals surface area (Å²) >= 11 is 11.8. The molecule has 0 radical (unpaired) electrons. The highest BCUT2D eigenvalue weighted by atomic mass is 35.5. The molecule has 1 aliphatic heterocycles. The fourth-order valence-corrected chi connectivity index (χ4v) is 2.39. The average Bonchev–Trinajstić information content (AvgIpc) is 2.91. The Morgan fingerprint density at radius 2 is 1.85 bits per heavy atom. The first-order valence-corrected chi connectivity index (χ1v) is 7.06. The van der Waals surface area contributed by atoms with Crippen LogP contribution in [0.3, 0.4) is 0 Å². The lowest BCUT2D eigenvalue weighted by Crippen LogP contribution is -2.21. The van der Waals surface area contributed by atoms with Crippen molar-refractivity contribution in [2.75, 3.05) is 18.0 Å². The number of rotatable bonds is 3. The molecule has 0 spiro atoms. The molecule has 0 aliphatic carbocycles. The predicted molar refractivity (Wildman–Crippen MR) is 77.8 cm³/mol. The van der Waals surface area contributed by atoms with E-state index in [2.05, 4.69) is 19.9 Å². The molecule has 0 N–H and O–H groups in total. The third-order valence-corrected chi connectivity index (χ3v) is 3.37. The van der Waals surface area contributed by atoms with Crippen molar-refractivity contribution in [3.63, 3.8) is 0 Å². The minimum Gasteiger partial charge on any atom is -0.424 e. The van der Waals surface area contributed by atoms with Crippen LogP contribution in [0.25, 0.3) is 0 Å². The van der Waals surface area contributed by atoms with Crippen molar-refractivity contribution in [1.82, 2.24) is 15.0 Å². The zero-order chi connectivity index (χ0) is 13.9. The number of ether oxygens (including phenoxy) is 1. The normalized spacial score (nSPS) is 14.6. The van der Waals surface area contributed by atoms with Gasteiger partial charge in [-0.05, 0) is 42.6 Å². The van der Waals surface area contributed by atoms with E-state index in [1.54, 1.807) is 24.3 Å². The van der Waals surface area contributed by atoms with Crippen LogP contribution in [0.4, 0.5) is 5.95 Å². The van der Waals surface area contributed by atoms with E-state index in [4.69, 9.17) is 27.9 Å². The van der Waals surface area contributed by atoms with E-state index in [0.717, 1.165) is 25.9 Å². The van der Waals surface area contributed by atoms with Gasteiger partial charge in [0.1, 0.15) is 5.75 Å². The van der Waals surface area contributed by atoms with Crippen LogP contribution in [0.1, 0.15) is 12.8 Å². The highest BCUT2D eigenvalue weighted by Gasteiger charge is 2.17. The Morgan fingerprint density at radius 3 is 2.60 bits per heavy atom. The second kappa shape index (κ2) is 5.81. The van der Waals surface area contributed by atoms with Crippen LogP contribution in [0.5, 0.6) is 11.8 Å². The van der Waals surface area contributed by atoms with Crippen LogP contribution < -0.4 is 9.64 Å². The molecule has 5 nitrogen and oxygen atoms in total. The maximum atomic E-state index is 5.93. The van der Waals surface area contributed by atoms with Crippen molar-refractivity contribution in [3.8, 4) is 11.8 Å². The molecule has 7 heteroatoms. The van der Waals surface area contributed by atoms with E-state index < -0.39 is 0 Å². The minimum atomic E-state index is 0.124. The summed E-state index contributed by atoms with van der Waals surface area (Å²) in [7, 11) is 0. The summed E-state index contributed by atoms with van der Waals surface area (Å²) in [4.78, 5) is 14.5. The van der Waals surface area contributed by atoms with Gasteiger partial charge >= 0.3 is 6.01 Å². The van der Waals surface area contributed by atoms with Crippen molar-refractivity contribution in [3.05, 3.63) is 34.6 Å². The van der Waals surface area contributed by atoms with Gasteiger partial charge in [0.15, 0.2) is 0 Å². The molecular formula is C13H12Cl2N4O. The smallest absolute Gasteiger partial charge is 0.328 e. The van der Waals surface area contributed by atoms with Crippen molar-refractivity contribution in [2.24, 2.45) is 0 Å². The van der Waals surface area contributed by atoms with Crippen LogP contribution in [-0.2, 0) is 0 Å². The Morgan fingerprint density at radius 1 is 1.05 bits per heavy atom. The molecule has 1 aromatic carbocycles. The molecule has 2 heterocycles. The van der Waals surface area contributed by atoms with Gasteiger partial charge in [-0.15, -0.1) is 0 Å². The monoisotopic (exact) mass is 310 g/mol. The van der Waals surface area contributed by atoms with Gasteiger partial charge in [-0.1, -0.05) is 17.7 Å². The molecule has 1 aromatic heterocycles. The highest BCUT2D eigenvalue weighted by Crippen LogP contribution is 2.24. The average molecular weight is 311 g/mol. The van der Waals surface area contributed by atoms with E-state index in [1.807, 2.05) is 0 Å². The first-order valence-electron chi connectivity index (χ1n) is 6.31. The molecule has 104 valence electrons. The Labute approximate surface area is 126 Å². The van der Waals surface area contributed by atoms with Gasteiger partial charge in [0.2, 0.25) is 11.2 Å². The number of hydrogen-bond donors (Lipinski definition) is 0. The van der Waals surface area contributed by atoms with Crippen LogP contribution in [0.2, 0.25) is 10.3 Å². The van der Waals surface area contributed by atoms with E-state index in [-0.39, 0.29) is 11.3 Å². The number of benzene rings is 1. The number of anilines is 1. The zero-order valence-corrected chi connectivity index (χ0v) is 12.1. The lowest BCUT2D eigenvalue weighted by Gasteiger charge is -2.15. The summed E-state index contributed by atoms with van der Waals surface area (Å²) in [6, 6.07) is 7.20. The molecule has 0 saturated carbocycles. The van der Waals surface area contributed by atoms with Crippen molar-refractivity contribution < 1.29 is 4.74 Å². The van der Waals surface area contributed by atoms with Gasteiger partial charge in [0, 0.05) is 18.1 Å². The summed E-state index contributed by atoms with van der Waals surface area (Å²) < 4.78 is 5.58. The molecule has 0 bridgehead atoms. The lowest BCUT2D eigenvalue weighted by molar-refractivity contribution is 0.439. The van der Waals surface area contributed by atoms with Gasteiger partial charge in [0.05, 0.1) is 0 Å². The third kappa shape index (κ3) is 3.11. The Balaban J connectivity index is 1.85. The van der Waals surface area contributed by atoms with Crippen LogP contribution >= 0.6 is 23.2 Å². The fourth-order valence-electron chi connectivity index (χ4n) is 2.06. The third-order valence-electron chi connectivity index (χ3n) is 2.97. The molecular weight excluding hydrogens is 299 g/mol. The Bertz CT molecular complexity index is 617. The number of nitrogens with zero attached hydrogens (tertiary/aromatic N) is 4. The van der Waals surface area contributed by atoms with Crippen LogP contribution in [0.15, 0.2) is 24.3 Å². The van der Waals surface area contributed by atoms with Crippen molar-refractivity contribution in [1.29, 1.82) is 0 Å². The molecule has 0 unspecified atom stereocenters. The van der Waals surface area contributed by atoms with Gasteiger partial charge in [-0.2, -0.15) is 15.0 Å². The summed E-state index contributed by atoms with van der Waals surface area (Å²) in [5.41, 5.74) is 0. The largest absolute Gasteiger partial charge is 0.424 e. The van der Waals surface area contributed by atoms with Gasteiger partial charge in [0.25, 0.3) is 0 Å². The predicted octanol–water partition coefficient (Wildman–Crippen LogP) is 3.57. The van der Waals surface area contributed by atoms with Crippen LogP contribution in [-0.4, -0.2) is 28.0 Å². The quantitative estimate of drug-likeness (QED) is 0.867. The Kier molecular flexibility index (Phi) is 3.89. The molecule has 1 saturated heterocycles. The SMILES string of the molecule is Clc1cccc(Oc2nc(Cl)nc(N3CCCC3)n2)c1. The minimum absolute atomic E-state index is 0.124. The molecule has 20 heavy (non-hydrogen) atoms. The highest BCUT2D eigenvalue weighted by molar-refractivity contribution is 6.30. The van der Waals surface area contributed by atoms with E-state index in [1.165, 1.54) is 0 Å².